The minimum absolute atomic E-state index is 0.0743. The molecule has 0 aliphatic heterocycles. The molecule has 0 N–H and O–H groups in total. The van der Waals surface area contributed by atoms with Crippen molar-refractivity contribution in [3.05, 3.63) is 81.4 Å². The van der Waals surface area contributed by atoms with E-state index in [2.05, 4.69) is 0 Å². The lowest BCUT2D eigenvalue weighted by atomic mass is 10.1. The molecule has 0 radical (unpaired) electrons. The van der Waals surface area contributed by atoms with Crippen molar-refractivity contribution < 1.29 is 23.1 Å². The van der Waals surface area contributed by atoms with E-state index >= 15 is 0 Å². The smallest absolute Gasteiger partial charge is 0.374 e. The summed E-state index contributed by atoms with van der Waals surface area (Å²) < 4.78 is 22.0. The van der Waals surface area contributed by atoms with E-state index in [-0.39, 0.29) is 19.0 Å². The van der Waals surface area contributed by atoms with Gasteiger partial charge in [0.15, 0.2) is 0 Å². The minimum atomic E-state index is -0.607. The van der Waals surface area contributed by atoms with Gasteiger partial charge < -0.3 is 18.3 Å². The van der Waals surface area contributed by atoms with Crippen molar-refractivity contribution >= 4 is 27.9 Å². The number of fused-ring (bicyclic) bond motifs is 2. The molecular formula is C23H20O6. The first kappa shape index (κ1) is 19.0. The van der Waals surface area contributed by atoms with E-state index in [1.165, 1.54) is 6.07 Å². The summed E-state index contributed by atoms with van der Waals surface area (Å²) in [7, 11) is 0. The Morgan fingerprint density at radius 1 is 0.966 bits per heavy atom. The number of hydrogen-bond donors (Lipinski definition) is 0. The highest BCUT2D eigenvalue weighted by Gasteiger charge is 2.22. The second-order valence-electron chi connectivity index (χ2n) is 6.71. The molecule has 6 heteroatoms. The fraction of sp³-hybridized carbons (Fsp3) is 0.217. The molecule has 0 atom stereocenters. The predicted octanol–water partition coefficient (Wildman–Crippen LogP) is 4.74. The summed E-state index contributed by atoms with van der Waals surface area (Å²) in [5.41, 5.74) is 2.76. The molecule has 0 bridgehead atoms. The van der Waals surface area contributed by atoms with E-state index in [1.807, 2.05) is 44.2 Å². The SMILES string of the molecule is CCOCc1c(C(=O)OCc2cc(=O)oc3cc(C)ccc23)oc2ccccc12. The summed E-state index contributed by atoms with van der Waals surface area (Å²) in [4.78, 5) is 24.7. The number of aryl methyl sites for hydroxylation is 1. The van der Waals surface area contributed by atoms with Crippen molar-refractivity contribution in [2.75, 3.05) is 6.61 Å². The van der Waals surface area contributed by atoms with Gasteiger partial charge in [0.1, 0.15) is 17.8 Å². The number of ether oxygens (including phenoxy) is 2. The standard InChI is InChI=1S/C23H20O6/c1-3-26-13-18-17-6-4-5-7-19(17)29-22(18)23(25)27-12-15-11-21(24)28-20-10-14(2)8-9-16(15)20/h4-11H,3,12-13H2,1-2H3. The van der Waals surface area contributed by atoms with Crippen molar-refractivity contribution in [3.63, 3.8) is 0 Å². The van der Waals surface area contributed by atoms with E-state index in [4.69, 9.17) is 18.3 Å². The van der Waals surface area contributed by atoms with Gasteiger partial charge in [0.2, 0.25) is 5.76 Å². The molecule has 4 aromatic rings. The van der Waals surface area contributed by atoms with E-state index in [0.29, 0.717) is 28.9 Å². The fourth-order valence-corrected chi connectivity index (χ4v) is 3.28. The first-order chi connectivity index (χ1) is 14.1. The Balaban J connectivity index is 1.64. The van der Waals surface area contributed by atoms with Crippen molar-refractivity contribution in [3.8, 4) is 0 Å². The lowest BCUT2D eigenvalue weighted by molar-refractivity contribution is 0.0431. The molecular weight excluding hydrogens is 372 g/mol. The third-order valence-corrected chi connectivity index (χ3v) is 4.68. The largest absolute Gasteiger partial charge is 0.455 e. The molecule has 2 aromatic carbocycles. The average Bonchev–Trinajstić information content (AvgIpc) is 3.08. The van der Waals surface area contributed by atoms with Crippen LogP contribution >= 0.6 is 0 Å². The van der Waals surface area contributed by atoms with E-state index in [1.54, 1.807) is 12.1 Å². The molecule has 2 heterocycles. The van der Waals surface area contributed by atoms with Crippen molar-refractivity contribution in [2.45, 2.75) is 27.1 Å². The number of para-hydroxylation sites is 1. The van der Waals surface area contributed by atoms with Crippen LogP contribution in [0, 0.1) is 6.92 Å². The summed E-state index contributed by atoms with van der Waals surface area (Å²) >= 11 is 0. The normalized spacial score (nSPS) is 11.2. The van der Waals surface area contributed by atoms with Crippen LogP contribution in [0.3, 0.4) is 0 Å². The Kier molecular flexibility index (Phi) is 5.18. The molecule has 6 nitrogen and oxygen atoms in total. The number of carbonyl (C=O) groups excluding carboxylic acids is 1. The van der Waals surface area contributed by atoms with Crippen LogP contribution in [-0.2, 0) is 22.7 Å². The molecule has 0 fully saturated rings. The first-order valence-electron chi connectivity index (χ1n) is 9.35. The van der Waals surface area contributed by atoms with Gasteiger partial charge in [-0.1, -0.05) is 30.3 Å². The molecule has 0 unspecified atom stereocenters. The molecule has 2 aromatic heterocycles. The maximum Gasteiger partial charge on any atom is 0.374 e. The lowest BCUT2D eigenvalue weighted by Gasteiger charge is -2.08. The summed E-state index contributed by atoms with van der Waals surface area (Å²) in [5, 5.41) is 1.54. The van der Waals surface area contributed by atoms with Crippen LogP contribution in [-0.4, -0.2) is 12.6 Å². The number of rotatable bonds is 6. The Hall–Kier alpha value is -3.38. The highest BCUT2D eigenvalue weighted by Crippen LogP contribution is 2.28. The molecule has 29 heavy (non-hydrogen) atoms. The number of esters is 1. The molecule has 0 spiro atoms. The van der Waals surface area contributed by atoms with Crippen LogP contribution in [0.1, 0.15) is 34.2 Å². The molecule has 4 rings (SSSR count). The van der Waals surface area contributed by atoms with Gasteiger partial charge in [0.25, 0.3) is 0 Å². The van der Waals surface area contributed by atoms with Crippen molar-refractivity contribution in [1.29, 1.82) is 0 Å². The Bertz CT molecular complexity index is 1250. The van der Waals surface area contributed by atoms with Gasteiger partial charge in [0.05, 0.1) is 6.61 Å². The maximum atomic E-state index is 12.8. The second-order valence-corrected chi connectivity index (χ2v) is 6.71. The van der Waals surface area contributed by atoms with E-state index in [9.17, 15) is 9.59 Å². The fourth-order valence-electron chi connectivity index (χ4n) is 3.28. The van der Waals surface area contributed by atoms with Crippen LogP contribution in [0.2, 0.25) is 0 Å². The average molecular weight is 392 g/mol. The molecule has 0 saturated carbocycles. The van der Waals surface area contributed by atoms with Crippen molar-refractivity contribution in [1.82, 2.24) is 0 Å². The van der Waals surface area contributed by atoms with Crippen LogP contribution < -0.4 is 5.63 Å². The molecule has 148 valence electrons. The summed E-state index contributed by atoms with van der Waals surface area (Å²) in [6.07, 6.45) is 0. The summed E-state index contributed by atoms with van der Waals surface area (Å²) in [5.74, 6) is -0.493. The third kappa shape index (κ3) is 3.79. The first-order valence-corrected chi connectivity index (χ1v) is 9.35. The zero-order valence-corrected chi connectivity index (χ0v) is 16.2. The Morgan fingerprint density at radius 3 is 2.62 bits per heavy atom. The van der Waals surface area contributed by atoms with Gasteiger partial charge in [-0.15, -0.1) is 0 Å². The Morgan fingerprint density at radius 2 is 1.79 bits per heavy atom. The van der Waals surface area contributed by atoms with Crippen LogP contribution in [0.15, 0.2) is 62.2 Å². The van der Waals surface area contributed by atoms with Crippen LogP contribution in [0.4, 0.5) is 0 Å². The predicted molar refractivity (Wildman–Crippen MR) is 108 cm³/mol. The van der Waals surface area contributed by atoms with Crippen LogP contribution in [0.25, 0.3) is 21.9 Å². The monoisotopic (exact) mass is 392 g/mol. The van der Waals surface area contributed by atoms with Gasteiger partial charge in [-0.25, -0.2) is 9.59 Å². The van der Waals surface area contributed by atoms with Crippen LogP contribution in [0.5, 0.6) is 0 Å². The maximum absolute atomic E-state index is 12.8. The topological polar surface area (TPSA) is 78.9 Å². The molecule has 0 saturated heterocycles. The van der Waals surface area contributed by atoms with Gasteiger partial charge in [0, 0.05) is 34.6 Å². The van der Waals surface area contributed by atoms with Gasteiger partial charge in [-0.2, -0.15) is 0 Å². The van der Waals surface area contributed by atoms with E-state index in [0.717, 1.165) is 16.3 Å². The Labute approximate surface area is 166 Å². The lowest BCUT2D eigenvalue weighted by Crippen LogP contribution is -2.09. The number of carbonyl (C=O) groups is 1. The summed E-state index contributed by atoms with van der Waals surface area (Å²) in [6, 6.07) is 14.3. The number of furan rings is 1. The second kappa shape index (κ2) is 7.93. The molecule has 0 aliphatic carbocycles. The van der Waals surface area contributed by atoms with Gasteiger partial charge in [-0.05, 0) is 31.5 Å². The van der Waals surface area contributed by atoms with Gasteiger partial charge in [-0.3, -0.25) is 0 Å². The minimum Gasteiger partial charge on any atom is -0.455 e. The third-order valence-electron chi connectivity index (χ3n) is 4.68. The van der Waals surface area contributed by atoms with Gasteiger partial charge >= 0.3 is 11.6 Å². The number of hydrogen-bond acceptors (Lipinski definition) is 6. The number of benzene rings is 2. The highest BCUT2D eigenvalue weighted by molar-refractivity contribution is 5.96. The zero-order chi connectivity index (χ0) is 20.4. The quantitative estimate of drug-likeness (QED) is 0.348. The zero-order valence-electron chi connectivity index (χ0n) is 16.2. The van der Waals surface area contributed by atoms with E-state index < -0.39 is 11.6 Å². The van der Waals surface area contributed by atoms with Crippen molar-refractivity contribution in [2.24, 2.45) is 0 Å². The highest BCUT2D eigenvalue weighted by atomic mass is 16.5. The molecule has 0 amide bonds. The summed E-state index contributed by atoms with van der Waals surface area (Å²) in [6.45, 7) is 4.48. The molecule has 0 aliphatic rings.